The zero-order valence-electron chi connectivity index (χ0n) is 15.5. The van der Waals surface area contributed by atoms with Crippen LogP contribution >= 0.6 is 11.6 Å². The third-order valence-electron chi connectivity index (χ3n) is 5.38. The van der Waals surface area contributed by atoms with Gasteiger partial charge in [-0.3, -0.25) is 4.79 Å². The number of benzene rings is 2. The molecule has 0 bridgehead atoms. The van der Waals surface area contributed by atoms with E-state index in [0.29, 0.717) is 11.6 Å². The first-order valence-corrected chi connectivity index (χ1v) is 11.2. The summed E-state index contributed by atoms with van der Waals surface area (Å²) in [5, 5.41) is 9.39. The van der Waals surface area contributed by atoms with E-state index in [1.54, 1.807) is 12.1 Å². The van der Waals surface area contributed by atoms with Crippen molar-refractivity contribution in [2.75, 3.05) is 6.54 Å². The predicted octanol–water partition coefficient (Wildman–Crippen LogP) is 4.05. The average molecular weight is 422 g/mol. The molecule has 0 unspecified atom stereocenters. The molecule has 7 heteroatoms. The van der Waals surface area contributed by atoms with E-state index in [1.807, 2.05) is 24.3 Å². The molecule has 3 rings (SSSR count). The van der Waals surface area contributed by atoms with Crippen molar-refractivity contribution >= 4 is 27.6 Å². The molecule has 0 saturated heterocycles. The van der Waals surface area contributed by atoms with Crippen LogP contribution in [0.4, 0.5) is 0 Å². The molecule has 2 aromatic rings. The normalized spacial score (nSPS) is 16.2. The first-order chi connectivity index (χ1) is 13.3. The number of nitrogens with one attached hydrogen (secondary N) is 1. The molecule has 0 radical (unpaired) electrons. The third-order valence-corrected chi connectivity index (χ3v) is 7.05. The summed E-state index contributed by atoms with van der Waals surface area (Å²) in [5.74, 6) is -0.850. The van der Waals surface area contributed by atoms with Gasteiger partial charge in [-0.1, -0.05) is 48.7 Å². The maximum absolute atomic E-state index is 12.6. The van der Waals surface area contributed by atoms with E-state index in [0.717, 1.165) is 43.2 Å². The average Bonchev–Trinajstić information content (AvgIpc) is 3.11. The first kappa shape index (κ1) is 20.8. The van der Waals surface area contributed by atoms with Crippen LogP contribution in [0.5, 0.6) is 0 Å². The Kier molecular flexibility index (Phi) is 6.43. The minimum absolute atomic E-state index is 0.00626. The Morgan fingerprint density at radius 2 is 1.57 bits per heavy atom. The molecule has 2 N–H and O–H groups in total. The Hall–Kier alpha value is -1.89. The lowest BCUT2D eigenvalue weighted by Gasteiger charge is -2.29. The highest BCUT2D eigenvalue weighted by atomic mass is 35.5. The highest BCUT2D eigenvalue weighted by Crippen LogP contribution is 2.40. The van der Waals surface area contributed by atoms with Crippen molar-refractivity contribution in [2.24, 2.45) is 5.41 Å². The van der Waals surface area contributed by atoms with Crippen molar-refractivity contribution in [1.82, 2.24) is 4.72 Å². The van der Waals surface area contributed by atoms with Crippen molar-refractivity contribution in [2.45, 2.75) is 43.4 Å². The molecule has 1 aliphatic carbocycles. The van der Waals surface area contributed by atoms with Gasteiger partial charge in [-0.05, 0) is 60.1 Å². The van der Waals surface area contributed by atoms with Crippen molar-refractivity contribution in [3.05, 3.63) is 64.7 Å². The molecule has 0 aliphatic heterocycles. The smallest absolute Gasteiger partial charge is 0.307 e. The number of carboxylic acids is 1. The minimum atomic E-state index is -3.59. The summed E-state index contributed by atoms with van der Waals surface area (Å²) in [6, 6.07) is 13.7. The zero-order valence-corrected chi connectivity index (χ0v) is 17.1. The van der Waals surface area contributed by atoms with Gasteiger partial charge in [0.25, 0.3) is 0 Å². The summed E-state index contributed by atoms with van der Waals surface area (Å²) in [6.07, 6.45) is 4.87. The van der Waals surface area contributed by atoms with E-state index in [-0.39, 0.29) is 16.7 Å². The highest BCUT2D eigenvalue weighted by Gasteiger charge is 2.35. The van der Waals surface area contributed by atoms with Crippen molar-refractivity contribution in [3.8, 4) is 0 Å². The number of halogens is 1. The van der Waals surface area contributed by atoms with Crippen molar-refractivity contribution in [1.29, 1.82) is 0 Å². The van der Waals surface area contributed by atoms with Crippen LogP contribution in [-0.4, -0.2) is 26.0 Å². The highest BCUT2D eigenvalue weighted by molar-refractivity contribution is 7.89. The van der Waals surface area contributed by atoms with Gasteiger partial charge in [-0.25, -0.2) is 13.1 Å². The monoisotopic (exact) mass is 421 g/mol. The number of aliphatic carboxylic acids is 1. The van der Waals surface area contributed by atoms with Crippen LogP contribution in [-0.2, 0) is 27.7 Å². The molecule has 0 heterocycles. The number of carbonyl (C=O) groups is 1. The van der Waals surface area contributed by atoms with E-state index in [4.69, 9.17) is 16.7 Å². The summed E-state index contributed by atoms with van der Waals surface area (Å²) in [6.45, 7) is 0.384. The Balaban J connectivity index is 1.70. The van der Waals surface area contributed by atoms with Gasteiger partial charge in [0.1, 0.15) is 0 Å². The van der Waals surface area contributed by atoms with Gasteiger partial charge in [0.15, 0.2) is 0 Å². The standard InChI is InChI=1S/C21H24ClNO4S/c22-18-7-9-19(10-8-18)28(26,27)23-15-21(11-1-2-12-21)14-17-5-3-16(4-6-17)13-20(24)25/h3-10,23H,1-2,11-15H2,(H,24,25). The molecule has 0 atom stereocenters. The quantitative estimate of drug-likeness (QED) is 0.673. The van der Waals surface area contributed by atoms with Gasteiger partial charge < -0.3 is 5.11 Å². The van der Waals surface area contributed by atoms with Crippen molar-refractivity contribution in [3.63, 3.8) is 0 Å². The molecule has 1 aliphatic rings. The fourth-order valence-corrected chi connectivity index (χ4v) is 5.15. The first-order valence-electron chi connectivity index (χ1n) is 9.33. The van der Waals surface area contributed by atoms with Gasteiger partial charge in [0, 0.05) is 11.6 Å². The van der Waals surface area contributed by atoms with Crippen LogP contribution < -0.4 is 4.72 Å². The molecule has 0 aromatic heterocycles. The van der Waals surface area contributed by atoms with Crippen molar-refractivity contribution < 1.29 is 18.3 Å². The number of sulfonamides is 1. The van der Waals surface area contributed by atoms with E-state index in [9.17, 15) is 13.2 Å². The lowest BCUT2D eigenvalue weighted by molar-refractivity contribution is -0.136. The largest absolute Gasteiger partial charge is 0.481 e. The second kappa shape index (κ2) is 8.64. The Labute approximate surface area is 170 Å². The lowest BCUT2D eigenvalue weighted by Crippen LogP contribution is -2.37. The fraction of sp³-hybridized carbons (Fsp3) is 0.381. The fourth-order valence-electron chi connectivity index (χ4n) is 3.87. The maximum Gasteiger partial charge on any atom is 0.307 e. The molecular weight excluding hydrogens is 398 g/mol. The second-order valence-corrected chi connectivity index (χ2v) is 9.75. The summed E-state index contributed by atoms with van der Waals surface area (Å²) < 4.78 is 28.1. The number of rotatable bonds is 8. The summed E-state index contributed by atoms with van der Waals surface area (Å²) in [7, 11) is -3.59. The van der Waals surface area contributed by atoms with Crippen LogP contribution in [0, 0.1) is 5.41 Å². The van der Waals surface area contributed by atoms with Crippen LogP contribution in [0.15, 0.2) is 53.4 Å². The van der Waals surface area contributed by atoms with Crippen LogP contribution in [0.25, 0.3) is 0 Å². The van der Waals surface area contributed by atoms with E-state index in [2.05, 4.69) is 4.72 Å². The number of hydrogen-bond acceptors (Lipinski definition) is 3. The minimum Gasteiger partial charge on any atom is -0.481 e. The van der Waals surface area contributed by atoms with Gasteiger partial charge in [0.2, 0.25) is 10.0 Å². The van der Waals surface area contributed by atoms with Gasteiger partial charge in [-0.2, -0.15) is 0 Å². The molecule has 150 valence electrons. The third kappa shape index (κ3) is 5.34. The molecule has 1 saturated carbocycles. The predicted molar refractivity (Wildman–Crippen MR) is 109 cm³/mol. The van der Waals surface area contributed by atoms with Crippen LogP contribution in [0.1, 0.15) is 36.8 Å². The molecule has 1 fully saturated rings. The number of hydrogen-bond donors (Lipinski definition) is 2. The zero-order chi connectivity index (χ0) is 20.2. The van der Waals surface area contributed by atoms with Crippen LogP contribution in [0.3, 0.4) is 0 Å². The Morgan fingerprint density at radius 1 is 1.00 bits per heavy atom. The maximum atomic E-state index is 12.6. The Morgan fingerprint density at radius 3 is 2.14 bits per heavy atom. The molecule has 5 nitrogen and oxygen atoms in total. The van der Waals surface area contributed by atoms with Gasteiger partial charge in [-0.15, -0.1) is 0 Å². The Bertz CT molecular complexity index is 918. The van der Waals surface area contributed by atoms with Crippen LogP contribution in [0.2, 0.25) is 5.02 Å². The van der Waals surface area contributed by atoms with Gasteiger partial charge >= 0.3 is 5.97 Å². The lowest BCUT2D eigenvalue weighted by atomic mass is 9.80. The summed E-state index contributed by atoms with van der Waals surface area (Å²) in [5.41, 5.74) is 1.75. The SMILES string of the molecule is O=C(O)Cc1ccc(CC2(CNS(=O)(=O)c3ccc(Cl)cc3)CCCC2)cc1. The topological polar surface area (TPSA) is 83.5 Å². The molecular formula is C21H24ClNO4S. The van der Waals surface area contributed by atoms with Gasteiger partial charge in [0.05, 0.1) is 11.3 Å². The molecule has 28 heavy (non-hydrogen) atoms. The second-order valence-electron chi connectivity index (χ2n) is 7.55. The molecule has 0 amide bonds. The summed E-state index contributed by atoms with van der Waals surface area (Å²) >= 11 is 5.85. The van der Waals surface area contributed by atoms with E-state index < -0.39 is 16.0 Å². The molecule has 0 spiro atoms. The van der Waals surface area contributed by atoms with E-state index >= 15 is 0 Å². The number of carboxylic acid groups (broad SMARTS) is 1. The summed E-state index contributed by atoms with van der Waals surface area (Å²) in [4.78, 5) is 11.0. The van der Waals surface area contributed by atoms with E-state index in [1.165, 1.54) is 12.1 Å². The molecule has 2 aromatic carbocycles.